The van der Waals surface area contributed by atoms with E-state index in [1.54, 1.807) is 24.3 Å². The minimum atomic E-state index is -0.365. The number of anilines is 3. The summed E-state index contributed by atoms with van der Waals surface area (Å²) in [5.41, 5.74) is 10.0. The molecule has 1 heterocycles. The molecular formula is C27H23Cl2N3O2S. The molecule has 0 unspecified atom stereocenters. The van der Waals surface area contributed by atoms with Gasteiger partial charge in [-0.05, 0) is 61.4 Å². The van der Waals surface area contributed by atoms with Crippen LogP contribution in [0, 0.1) is 6.92 Å². The number of nitrogens with one attached hydrogen (secondary N) is 2. The molecule has 0 saturated carbocycles. The smallest absolute Gasteiger partial charge is 0.256 e. The number of hydrogen-bond donors (Lipinski definition) is 3. The maximum absolute atomic E-state index is 13.2. The first-order chi connectivity index (χ1) is 16.8. The second-order valence-corrected chi connectivity index (χ2v) is 9.84. The molecule has 5 nitrogen and oxygen atoms in total. The molecule has 0 aliphatic carbocycles. The number of nitrogens with two attached hydrogens (primary N) is 1. The molecule has 0 fully saturated rings. The van der Waals surface area contributed by atoms with Gasteiger partial charge in [0.15, 0.2) is 0 Å². The molecule has 3 aromatic carbocycles. The van der Waals surface area contributed by atoms with Crippen molar-refractivity contribution < 1.29 is 9.59 Å². The van der Waals surface area contributed by atoms with Gasteiger partial charge in [-0.2, -0.15) is 0 Å². The first-order valence-electron chi connectivity index (χ1n) is 10.9. The van der Waals surface area contributed by atoms with Crippen LogP contribution in [0.1, 0.15) is 36.7 Å². The third kappa shape index (κ3) is 5.85. The van der Waals surface area contributed by atoms with Crippen molar-refractivity contribution in [2.75, 3.05) is 17.6 Å². The Kier molecular flexibility index (Phi) is 7.76. The van der Waals surface area contributed by atoms with Crippen LogP contribution in [0.3, 0.4) is 0 Å². The minimum absolute atomic E-state index is 0.139. The zero-order valence-corrected chi connectivity index (χ0v) is 21.2. The Morgan fingerprint density at radius 2 is 1.63 bits per heavy atom. The summed E-state index contributed by atoms with van der Waals surface area (Å²) in [6, 6.07) is 21.8. The molecule has 0 bridgehead atoms. The van der Waals surface area contributed by atoms with Crippen LogP contribution in [0.5, 0.6) is 0 Å². The van der Waals surface area contributed by atoms with Crippen LogP contribution in [0.2, 0.25) is 10.0 Å². The number of hydrogen-bond acceptors (Lipinski definition) is 5. The maximum Gasteiger partial charge on any atom is 0.256 e. The van der Waals surface area contributed by atoms with Gasteiger partial charge in [-0.3, -0.25) is 9.59 Å². The number of nitrogen functional groups attached to an aromatic ring is 1. The molecule has 4 aromatic rings. The fourth-order valence-electron chi connectivity index (χ4n) is 3.53. The van der Waals surface area contributed by atoms with Crippen molar-refractivity contribution in [1.29, 1.82) is 0 Å². The molecule has 35 heavy (non-hydrogen) atoms. The first kappa shape index (κ1) is 24.8. The highest BCUT2D eigenvalue weighted by Gasteiger charge is 2.26. The van der Waals surface area contributed by atoms with E-state index in [1.165, 1.54) is 0 Å². The number of thiophene rings is 1. The number of rotatable bonds is 8. The molecule has 0 aliphatic rings. The van der Waals surface area contributed by atoms with E-state index < -0.39 is 0 Å². The third-order valence-electron chi connectivity index (χ3n) is 5.43. The van der Waals surface area contributed by atoms with Gasteiger partial charge >= 0.3 is 0 Å². The molecule has 178 valence electrons. The molecule has 0 atom stereocenters. The van der Waals surface area contributed by atoms with E-state index in [2.05, 4.69) is 10.6 Å². The van der Waals surface area contributed by atoms with Crippen molar-refractivity contribution >= 4 is 62.6 Å². The number of amides is 1. The quantitative estimate of drug-likeness (QED) is 0.219. The first-order valence-corrected chi connectivity index (χ1v) is 12.5. The molecule has 8 heteroatoms. The average Bonchev–Trinajstić information content (AvgIpc) is 3.17. The standard InChI is InChI=1S/C27H23Cl2N3O2S/c1-16-6-12-20(13-7-16)32-27-22(26(34)31-15-14-17-4-2-3-5-21(17)29)23(30)25(35-27)24(33)18-8-10-19(28)11-9-18/h2-13,32H,14-15,30H2,1H3,(H,31,34). The third-order valence-corrected chi connectivity index (χ3v) is 7.17. The predicted molar refractivity (Wildman–Crippen MR) is 146 cm³/mol. The van der Waals surface area contributed by atoms with Crippen LogP contribution in [-0.4, -0.2) is 18.2 Å². The van der Waals surface area contributed by atoms with Gasteiger partial charge in [-0.15, -0.1) is 11.3 Å². The molecule has 0 radical (unpaired) electrons. The van der Waals surface area contributed by atoms with Gasteiger partial charge in [-0.25, -0.2) is 0 Å². The van der Waals surface area contributed by atoms with Crippen LogP contribution >= 0.6 is 34.5 Å². The summed E-state index contributed by atoms with van der Waals surface area (Å²) in [7, 11) is 0. The lowest BCUT2D eigenvalue weighted by atomic mass is 10.1. The molecule has 1 aromatic heterocycles. The largest absolute Gasteiger partial charge is 0.397 e. The Bertz CT molecular complexity index is 1370. The van der Waals surface area contributed by atoms with E-state index in [0.717, 1.165) is 28.2 Å². The highest BCUT2D eigenvalue weighted by Crippen LogP contribution is 2.39. The summed E-state index contributed by atoms with van der Waals surface area (Å²) >= 11 is 13.3. The van der Waals surface area contributed by atoms with Gasteiger partial charge in [0, 0.05) is 27.8 Å². The number of carbonyl (C=O) groups excluding carboxylic acids is 2. The van der Waals surface area contributed by atoms with Crippen molar-refractivity contribution in [3.63, 3.8) is 0 Å². The summed E-state index contributed by atoms with van der Waals surface area (Å²) < 4.78 is 0. The number of aryl methyl sites for hydroxylation is 1. The summed E-state index contributed by atoms with van der Waals surface area (Å²) in [5, 5.41) is 7.84. The van der Waals surface area contributed by atoms with Crippen molar-refractivity contribution in [3.8, 4) is 0 Å². The predicted octanol–water partition coefficient (Wildman–Crippen LogP) is 6.89. The SMILES string of the molecule is Cc1ccc(Nc2sc(C(=O)c3ccc(Cl)cc3)c(N)c2C(=O)NCCc2ccccc2Cl)cc1. The van der Waals surface area contributed by atoms with Crippen LogP contribution in [-0.2, 0) is 6.42 Å². The van der Waals surface area contributed by atoms with E-state index in [1.807, 2.05) is 55.5 Å². The second-order valence-electron chi connectivity index (χ2n) is 7.97. The number of halogens is 2. The van der Waals surface area contributed by atoms with E-state index in [0.29, 0.717) is 33.6 Å². The molecular weight excluding hydrogens is 501 g/mol. The average molecular weight is 524 g/mol. The molecule has 4 rings (SSSR count). The molecule has 4 N–H and O–H groups in total. The monoisotopic (exact) mass is 523 g/mol. The van der Waals surface area contributed by atoms with Crippen LogP contribution in [0.15, 0.2) is 72.8 Å². The lowest BCUT2D eigenvalue weighted by molar-refractivity contribution is 0.0956. The van der Waals surface area contributed by atoms with E-state index in [4.69, 9.17) is 28.9 Å². The highest BCUT2D eigenvalue weighted by molar-refractivity contribution is 7.19. The van der Waals surface area contributed by atoms with Gasteiger partial charge in [0.2, 0.25) is 5.78 Å². The normalized spacial score (nSPS) is 10.7. The van der Waals surface area contributed by atoms with E-state index >= 15 is 0 Å². The van der Waals surface area contributed by atoms with Gasteiger partial charge < -0.3 is 16.4 Å². The van der Waals surface area contributed by atoms with Crippen LogP contribution in [0.4, 0.5) is 16.4 Å². The summed E-state index contributed by atoms with van der Waals surface area (Å²) in [4.78, 5) is 26.7. The van der Waals surface area contributed by atoms with Crippen molar-refractivity contribution in [2.45, 2.75) is 13.3 Å². The van der Waals surface area contributed by atoms with Gasteiger partial charge in [0.1, 0.15) is 9.88 Å². The fraction of sp³-hybridized carbons (Fsp3) is 0.111. The second kappa shape index (κ2) is 11.0. The summed E-state index contributed by atoms with van der Waals surface area (Å²) in [6.45, 7) is 2.36. The fourth-order valence-corrected chi connectivity index (χ4v) is 4.98. The number of benzene rings is 3. The Labute approximate surface area is 217 Å². The van der Waals surface area contributed by atoms with Crippen molar-refractivity contribution in [2.24, 2.45) is 0 Å². The Morgan fingerprint density at radius 1 is 0.943 bits per heavy atom. The van der Waals surface area contributed by atoms with Crippen LogP contribution in [0.25, 0.3) is 0 Å². The van der Waals surface area contributed by atoms with Gasteiger partial charge in [0.05, 0.1) is 11.3 Å². The number of ketones is 1. The molecule has 1 amide bonds. The molecule has 0 saturated heterocycles. The van der Waals surface area contributed by atoms with E-state index in [-0.39, 0.29) is 27.8 Å². The minimum Gasteiger partial charge on any atom is -0.397 e. The molecule has 0 aliphatic heterocycles. The zero-order chi connectivity index (χ0) is 24.9. The highest BCUT2D eigenvalue weighted by atomic mass is 35.5. The van der Waals surface area contributed by atoms with Gasteiger partial charge in [-0.1, -0.05) is 59.1 Å². The Hall–Kier alpha value is -3.32. The van der Waals surface area contributed by atoms with Crippen molar-refractivity contribution in [1.82, 2.24) is 5.32 Å². The lowest BCUT2D eigenvalue weighted by Gasteiger charge is -2.10. The molecule has 0 spiro atoms. The maximum atomic E-state index is 13.2. The number of carbonyl (C=O) groups is 2. The zero-order valence-electron chi connectivity index (χ0n) is 18.9. The summed E-state index contributed by atoms with van der Waals surface area (Å²) in [6.07, 6.45) is 0.562. The lowest BCUT2D eigenvalue weighted by Crippen LogP contribution is -2.26. The Morgan fingerprint density at radius 3 is 2.31 bits per heavy atom. The topological polar surface area (TPSA) is 84.2 Å². The van der Waals surface area contributed by atoms with Crippen molar-refractivity contribution in [3.05, 3.63) is 110 Å². The van der Waals surface area contributed by atoms with E-state index in [9.17, 15) is 9.59 Å². The summed E-state index contributed by atoms with van der Waals surface area (Å²) in [5.74, 6) is -0.637. The van der Waals surface area contributed by atoms with Crippen LogP contribution < -0.4 is 16.4 Å². The van der Waals surface area contributed by atoms with Gasteiger partial charge in [0.25, 0.3) is 5.91 Å². The Balaban J connectivity index is 1.62.